The lowest BCUT2D eigenvalue weighted by Crippen LogP contribution is -2.41. The minimum absolute atomic E-state index is 0.0586. The van der Waals surface area contributed by atoms with Crippen LogP contribution in [-0.4, -0.2) is 57.5 Å². The lowest BCUT2D eigenvalue weighted by Gasteiger charge is -2.22. The predicted molar refractivity (Wildman–Crippen MR) is 84.5 cm³/mol. The van der Waals surface area contributed by atoms with Crippen molar-refractivity contribution in [3.63, 3.8) is 0 Å². The molecule has 2 rings (SSSR count). The molecule has 1 heterocycles. The summed E-state index contributed by atoms with van der Waals surface area (Å²) in [5, 5.41) is 2.84. The van der Waals surface area contributed by atoms with Crippen LogP contribution in [0.4, 0.5) is 0 Å². The maximum atomic E-state index is 11.9. The van der Waals surface area contributed by atoms with Crippen LogP contribution >= 0.6 is 0 Å². The Morgan fingerprint density at radius 2 is 2.05 bits per heavy atom. The summed E-state index contributed by atoms with van der Waals surface area (Å²) in [6.07, 6.45) is 0.602. The van der Waals surface area contributed by atoms with Gasteiger partial charge in [-0.3, -0.25) is 9.69 Å². The first-order chi connectivity index (χ1) is 10.4. The van der Waals surface area contributed by atoms with Crippen molar-refractivity contribution in [2.75, 3.05) is 32.2 Å². The van der Waals surface area contributed by atoms with Gasteiger partial charge in [0.1, 0.15) is 5.75 Å². The zero-order valence-electron chi connectivity index (χ0n) is 12.9. The fraction of sp³-hybridized carbons (Fsp3) is 0.533. The summed E-state index contributed by atoms with van der Waals surface area (Å²) >= 11 is 0. The molecule has 0 radical (unpaired) electrons. The molecule has 0 aliphatic carbocycles. The highest BCUT2D eigenvalue weighted by Gasteiger charge is 2.31. The van der Waals surface area contributed by atoms with E-state index in [4.69, 9.17) is 4.74 Å². The first kappa shape index (κ1) is 16.8. The van der Waals surface area contributed by atoms with Crippen LogP contribution in [0.5, 0.6) is 5.75 Å². The number of carbonyl (C=O) groups excluding carboxylic acids is 1. The van der Waals surface area contributed by atoms with Crippen LogP contribution in [0.3, 0.4) is 0 Å². The summed E-state index contributed by atoms with van der Waals surface area (Å²) in [6.45, 7) is 0.649. The molecule has 1 fully saturated rings. The van der Waals surface area contributed by atoms with E-state index in [0.717, 1.165) is 11.3 Å². The van der Waals surface area contributed by atoms with Gasteiger partial charge in [-0.25, -0.2) is 8.42 Å². The third-order valence-electron chi connectivity index (χ3n) is 3.87. The van der Waals surface area contributed by atoms with E-state index in [1.807, 2.05) is 29.2 Å². The van der Waals surface area contributed by atoms with E-state index >= 15 is 0 Å². The number of benzene rings is 1. The lowest BCUT2D eigenvalue weighted by atomic mass is 10.2. The van der Waals surface area contributed by atoms with Gasteiger partial charge < -0.3 is 10.1 Å². The Labute approximate surface area is 131 Å². The first-order valence-corrected chi connectivity index (χ1v) is 9.02. The van der Waals surface area contributed by atoms with Crippen LogP contribution in [0.25, 0.3) is 0 Å². The van der Waals surface area contributed by atoms with Gasteiger partial charge in [-0.15, -0.1) is 0 Å². The Morgan fingerprint density at radius 3 is 2.59 bits per heavy atom. The molecular weight excluding hydrogens is 304 g/mol. The Kier molecular flexibility index (Phi) is 5.42. The number of hydrogen-bond donors (Lipinski definition) is 1. The molecule has 0 aromatic heterocycles. The van der Waals surface area contributed by atoms with Gasteiger partial charge in [0.05, 0.1) is 25.2 Å². The Balaban J connectivity index is 1.77. The highest BCUT2D eigenvalue weighted by molar-refractivity contribution is 7.91. The van der Waals surface area contributed by atoms with Crippen LogP contribution in [-0.2, 0) is 21.2 Å². The zero-order chi connectivity index (χ0) is 16.2. The Hall–Kier alpha value is -1.60. The highest BCUT2D eigenvalue weighted by Crippen LogP contribution is 2.16. The fourth-order valence-corrected chi connectivity index (χ4v) is 4.28. The van der Waals surface area contributed by atoms with Crippen molar-refractivity contribution in [3.8, 4) is 5.75 Å². The first-order valence-electron chi connectivity index (χ1n) is 7.20. The van der Waals surface area contributed by atoms with Gasteiger partial charge in [-0.05, 0) is 31.2 Å². The second-order valence-corrected chi connectivity index (χ2v) is 7.83. The fourth-order valence-electron chi connectivity index (χ4n) is 2.48. The van der Waals surface area contributed by atoms with Gasteiger partial charge in [0.15, 0.2) is 9.84 Å². The van der Waals surface area contributed by atoms with Crippen LogP contribution < -0.4 is 10.1 Å². The molecule has 1 saturated heterocycles. The summed E-state index contributed by atoms with van der Waals surface area (Å²) < 4.78 is 28.0. The summed E-state index contributed by atoms with van der Waals surface area (Å²) in [4.78, 5) is 13.8. The molecule has 122 valence electrons. The van der Waals surface area contributed by atoms with Crippen molar-refractivity contribution < 1.29 is 17.9 Å². The minimum Gasteiger partial charge on any atom is -0.497 e. The smallest absolute Gasteiger partial charge is 0.234 e. The molecule has 0 spiro atoms. The van der Waals surface area contributed by atoms with Crippen molar-refractivity contribution in [1.29, 1.82) is 0 Å². The topological polar surface area (TPSA) is 75.7 Å². The second kappa shape index (κ2) is 7.11. The van der Waals surface area contributed by atoms with Gasteiger partial charge in [0, 0.05) is 12.6 Å². The number of rotatable bonds is 6. The molecule has 1 aliphatic rings. The molecule has 1 unspecified atom stereocenters. The number of amides is 1. The molecule has 1 amide bonds. The van der Waals surface area contributed by atoms with Crippen LogP contribution in [0.2, 0.25) is 0 Å². The van der Waals surface area contributed by atoms with Crippen molar-refractivity contribution in [1.82, 2.24) is 10.2 Å². The van der Waals surface area contributed by atoms with Gasteiger partial charge in [0.2, 0.25) is 5.91 Å². The summed E-state index contributed by atoms with van der Waals surface area (Å²) in [6, 6.07) is 7.42. The Morgan fingerprint density at radius 1 is 1.36 bits per heavy atom. The largest absolute Gasteiger partial charge is 0.497 e. The minimum atomic E-state index is -2.92. The number of methoxy groups -OCH3 is 1. The molecular formula is C15H22N2O4S. The number of hydrogen-bond acceptors (Lipinski definition) is 5. The van der Waals surface area contributed by atoms with E-state index in [-0.39, 0.29) is 30.0 Å². The third-order valence-corrected chi connectivity index (χ3v) is 5.62. The maximum Gasteiger partial charge on any atom is 0.234 e. The monoisotopic (exact) mass is 326 g/mol. The number of nitrogens with one attached hydrogen (secondary N) is 1. The van der Waals surface area contributed by atoms with Crippen LogP contribution in [0.15, 0.2) is 24.3 Å². The summed E-state index contributed by atoms with van der Waals surface area (Å²) in [5.41, 5.74) is 0.986. The van der Waals surface area contributed by atoms with Crippen molar-refractivity contribution in [2.45, 2.75) is 19.0 Å². The zero-order valence-corrected chi connectivity index (χ0v) is 13.7. The molecule has 1 atom stereocenters. The number of ether oxygens (including phenoxy) is 1. The van der Waals surface area contributed by atoms with E-state index < -0.39 is 9.84 Å². The molecule has 6 nitrogen and oxygen atoms in total. The normalized spacial score (nSPS) is 20.0. The molecule has 0 bridgehead atoms. The van der Waals surface area contributed by atoms with Crippen molar-refractivity contribution in [3.05, 3.63) is 29.8 Å². The van der Waals surface area contributed by atoms with E-state index in [0.29, 0.717) is 13.0 Å². The van der Waals surface area contributed by atoms with E-state index in [1.165, 1.54) is 0 Å². The van der Waals surface area contributed by atoms with Gasteiger partial charge in [-0.2, -0.15) is 0 Å². The van der Waals surface area contributed by atoms with Crippen molar-refractivity contribution >= 4 is 15.7 Å². The molecule has 1 aromatic carbocycles. The number of nitrogens with zero attached hydrogens (tertiary/aromatic N) is 1. The predicted octanol–water partition coefficient (Wildman–Crippen LogP) is 0.430. The van der Waals surface area contributed by atoms with Gasteiger partial charge >= 0.3 is 0 Å². The summed E-state index contributed by atoms with van der Waals surface area (Å²) in [5.74, 6) is 1.03. The standard InChI is InChI=1S/C15H22N2O4S/c1-17(13-7-8-22(19,20)11-13)10-15(18)16-9-12-3-5-14(21-2)6-4-12/h3-6,13H,7-11H2,1-2H3,(H,16,18). The van der Waals surface area contributed by atoms with Gasteiger partial charge in [0.25, 0.3) is 0 Å². The molecule has 1 N–H and O–H groups in total. The SMILES string of the molecule is COc1ccc(CNC(=O)CN(C)C2CCS(=O)(=O)C2)cc1. The highest BCUT2D eigenvalue weighted by atomic mass is 32.2. The van der Waals surface area contributed by atoms with E-state index in [2.05, 4.69) is 5.32 Å². The number of likely N-dealkylation sites (N-methyl/N-ethyl adjacent to an activating group) is 1. The molecule has 0 saturated carbocycles. The van der Waals surface area contributed by atoms with Crippen molar-refractivity contribution in [2.24, 2.45) is 0 Å². The molecule has 1 aromatic rings. The summed E-state index contributed by atoms with van der Waals surface area (Å²) in [7, 11) is 0.474. The molecule has 22 heavy (non-hydrogen) atoms. The van der Waals surface area contributed by atoms with E-state index in [1.54, 1.807) is 14.2 Å². The maximum absolute atomic E-state index is 11.9. The lowest BCUT2D eigenvalue weighted by molar-refractivity contribution is -0.122. The van der Waals surface area contributed by atoms with Gasteiger partial charge in [-0.1, -0.05) is 12.1 Å². The Bertz CT molecular complexity index is 613. The average molecular weight is 326 g/mol. The second-order valence-electron chi connectivity index (χ2n) is 5.60. The molecule has 7 heteroatoms. The van der Waals surface area contributed by atoms with E-state index in [9.17, 15) is 13.2 Å². The average Bonchev–Trinajstić information content (AvgIpc) is 2.86. The number of carbonyl (C=O) groups is 1. The quantitative estimate of drug-likeness (QED) is 0.820. The van der Waals surface area contributed by atoms with Crippen LogP contribution in [0.1, 0.15) is 12.0 Å². The third kappa shape index (κ3) is 4.71. The molecule has 1 aliphatic heterocycles. The van der Waals surface area contributed by atoms with Crippen LogP contribution in [0, 0.1) is 0 Å². The number of sulfone groups is 1.